The molecule has 2 N–H and O–H groups in total. The monoisotopic (exact) mass is 376 g/mol. The van der Waals surface area contributed by atoms with Crippen molar-refractivity contribution in [1.82, 2.24) is 4.98 Å². The van der Waals surface area contributed by atoms with Gasteiger partial charge in [0, 0.05) is 23.4 Å². The normalized spacial score (nSPS) is 11.6. The van der Waals surface area contributed by atoms with Crippen molar-refractivity contribution in [3.63, 3.8) is 0 Å². The molecule has 3 rings (SSSR count). The van der Waals surface area contributed by atoms with E-state index in [4.69, 9.17) is 9.84 Å². The minimum absolute atomic E-state index is 0.0126. The number of carboxylic acid groups (broad SMARTS) is 1. The summed E-state index contributed by atoms with van der Waals surface area (Å²) in [4.78, 5) is 15.5. The molecule has 0 aliphatic rings. The third-order valence-electron chi connectivity index (χ3n) is 4.65. The first kappa shape index (κ1) is 19.4. The summed E-state index contributed by atoms with van der Waals surface area (Å²) in [6.07, 6.45) is 0.128. The average molecular weight is 376 g/mol. The van der Waals surface area contributed by atoms with Crippen LogP contribution >= 0.6 is 0 Å². The fourth-order valence-corrected chi connectivity index (χ4v) is 3.06. The van der Waals surface area contributed by atoms with Crippen LogP contribution in [0.2, 0.25) is 0 Å². The lowest BCUT2D eigenvalue weighted by Crippen LogP contribution is -2.05. The summed E-state index contributed by atoms with van der Waals surface area (Å²) >= 11 is 0. The standard InChI is InChI=1S/C23H24N2O3/c1-16(14-22(26)27)17-8-11-20(12-9-17)24-15-19-10-13-21(25-23(19)28-2)18-6-4-3-5-7-18/h3-13,16,24H,14-15H2,1-2H3,(H,26,27). The number of pyridine rings is 1. The molecule has 2 aromatic carbocycles. The lowest BCUT2D eigenvalue weighted by molar-refractivity contribution is -0.137. The molecule has 0 amide bonds. The third-order valence-corrected chi connectivity index (χ3v) is 4.65. The molecular formula is C23H24N2O3. The number of aromatic nitrogens is 1. The summed E-state index contributed by atoms with van der Waals surface area (Å²) in [7, 11) is 1.62. The molecule has 0 aliphatic heterocycles. The fraction of sp³-hybridized carbons (Fsp3) is 0.217. The van der Waals surface area contributed by atoms with E-state index in [1.54, 1.807) is 7.11 Å². The highest BCUT2D eigenvalue weighted by Crippen LogP contribution is 2.25. The van der Waals surface area contributed by atoms with Gasteiger partial charge in [-0.05, 0) is 35.7 Å². The van der Waals surface area contributed by atoms with Crippen molar-refractivity contribution in [2.24, 2.45) is 0 Å². The molecule has 1 unspecified atom stereocenters. The van der Waals surface area contributed by atoms with Gasteiger partial charge in [-0.2, -0.15) is 0 Å². The van der Waals surface area contributed by atoms with E-state index in [9.17, 15) is 4.79 Å². The number of aliphatic carboxylic acids is 1. The van der Waals surface area contributed by atoms with Gasteiger partial charge in [0.1, 0.15) is 0 Å². The maximum Gasteiger partial charge on any atom is 0.303 e. The number of nitrogens with one attached hydrogen (secondary N) is 1. The smallest absolute Gasteiger partial charge is 0.303 e. The molecule has 1 atom stereocenters. The summed E-state index contributed by atoms with van der Waals surface area (Å²) in [5.74, 6) is -0.199. The fourth-order valence-electron chi connectivity index (χ4n) is 3.06. The van der Waals surface area contributed by atoms with Crippen LogP contribution in [0.1, 0.15) is 30.4 Å². The van der Waals surface area contributed by atoms with Crippen molar-refractivity contribution >= 4 is 11.7 Å². The Morgan fingerprint density at radius 1 is 1.07 bits per heavy atom. The van der Waals surface area contributed by atoms with Crippen LogP contribution in [0.3, 0.4) is 0 Å². The SMILES string of the molecule is COc1nc(-c2ccccc2)ccc1CNc1ccc(C(C)CC(=O)O)cc1. The second-order valence-corrected chi connectivity index (χ2v) is 6.71. The van der Waals surface area contributed by atoms with Crippen molar-refractivity contribution < 1.29 is 14.6 Å². The zero-order chi connectivity index (χ0) is 19.9. The minimum Gasteiger partial charge on any atom is -0.481 e. The molecule has 5 nitrogen and oxygen atoms in total. The molecule has 144 valence electrons. The van der Waals surface area contributed by atoms with E-state index in [2.05, 4.69) is 10.3 Å². The summed E-state index contributed by atoms with van der Waals surface area (Å²) in [6, 6.07) is 21.9. The molecule has 0 bridgehead atoms. The predicted molar refractivity (Wildman–Crippen MR) is 111 cm³/mol. The number of hydrogen-bond donors (Lipinski definition) is 2. The van der Waals surface area contributed by atoms with E-state index < -0.39 is 5.97 Å². The van der Waals surface area contributed by atoms with Crippen LogP contribution in [-0.2, 0) is 11.3 Å². The Labute approximate surface area is 165 Å². The van der Waals surface area contributed by atoms with Crippen LogP contribution in [0.4, 0.5) is 5.69 Å². The predicted octanol–water partition coefficient (Wildman–Crippen LogP) is 4.95. The Morgan fingerprint density at radius 3 is 2.43 bits per heavy atom. The number of anilines is 1. The van der Waals surface area contributed by atoms with Crippen molar-refractivity contribution in [3.8, 4) is 17.1 Å². The first-order chi connectivity index (χ1) is 13.6. The third kappa shape index (κ3) is 4.88. The topological polar surface area (TPSA) is 71.5 Å². The number of benzene rings is 2. The van der Waals surface area contributed by atoms with E-state index in [0.717, 1.165) is 28.1 Å². The van der Waals surface area contributed by atoms with Crippen LogP contribution in [-0.4, -0.2) is 23.2 Å². The highest BCUT2D eigenvalue weighted by Gasteiger charge is 2.11. The molecule has 0 saturated carbocycles. The molecule has 0 spiro atoms. The minimum atomic E-state index is -0.784. The van der Waals surface area contributed by atoms with Crippen LogP contribution < -0.4 is 10.1 Å². The van der Waals surface area contributed by atoms with Gasteiger partial charge in [-0.15, -0.1) is 0 Å². The second-order valence-electron chi connectivity index (χ2n) is 6.71. The molecule has 5 heteroatoms. The molecule has 1 heterocycles. The van der Waals surface area contributed by atoms with Gasteiger partial charge in [0.15, 0.2) is 0 Å². The molecule has 1 aromatic heterocycles. The summed E-state index contributed by atoms with van der Waals surface area (Å²) in [5.41, 5.74) is 4.86. The summed E-state index contributed by atoms with van der Waals surface area (Å²) in [5, 5.41) is 12.3. The first-order valence-electron chi connectivity index (χ1n) is 9.21. The van der Waals surface area contributed by atoms with Crippen LogP contribution in [0.5, 0.6) is 5.88 Å². The second kappa shape index (κ2) is 9.04. The first-order valence-corrected chi connectivity index (χ1v) is 9.21. The maximum absolute atomic E-state index is 10.9. The molecule has 0 aliphatic carbocycles. The van der Waals surface area contributed by atoms with E-state index in [1.165, 1.54) is 0 Å². The largest absolute Gasteiger partial charge is 0.481 e. The number of ether oxygens (including phenoxy) is 1. The summed E-state index contributed by atoms with van der Waals surface area (Å²) < 4.78 is 5.48. The molecule has 0 saturated heterocycles. The summed E-state index contributed by atoms with van der Waals surface area (Å²) in [6.45, 7) is 2.50. The molecule has 28 heavy (non-hydrogen) atoms. The van der Waals surface area contributed by atoms with Gasteiger partial charge in [0.25, 0.3) is 0 Å². The van der Waals surface area contributed by atoms with Crippen molar-refractivity contribution in [2.45, 2.75) is 25.8 Å². The van der Waals surface area contributed by atoms with Gasteiger partial charge >= 0.3 is 5.97 Å². The molecular weight excluding hydrogens is 352 g/mol. The maximum atomic E-state index is 10.9. The zero-order valence-corrected chi connectivity index (χ0v) is 16.1. The number of nitrogens with zero attached hydrogens (tertiary/aromatic N) is 1. The van der Waals surface area contributed by atoms with E-state index in [0.29, 0.717) is 12.4 Å². The van der Waals surface area contributed by atoms with Crippen molar-refractivity contribution in [1.29, 1.82) is 0 Å². The number of methoxy groups -OCH3 is 1. The highest BCUT2D eigenvalue weighted by molar-refractivity contribution is 5.68. The van der Waals surface area contributed by atoms with Gasteiger partial charge in [0.2, 0.25) is 5.88 Å². The van der Waals surface area contributed by atoms with Crippen molar-refractivity contribution in [3.05, 3.63) is 77.9 Å². The van der Waals surface area contributed by atoms with Gasteiger partial charge in [-0.3, -0.25) is 4.79 Å². The Hall–Kier alpha value is -3.34. The number of carboxylic acids is 1. The average Bonchev–Trinajstić information content (AvgIpc) is 2.72. The lowest BCUT2D eigenvalue weighted by Gasteiger charge is -2.13. The van der Waals surface area contributed by atoms with E-state index >= 15 is 0 Å². The van der Waals surface area contributed by atoms with Crippen LogP contribution in [0.25, 0.3) is 11.3 Å². The van der Waals surface area contributed by atoms with Crippen LogP contribution in [0.15, 0.2) is 66.7 Å². The Balaban J connectivity index is 1.68. The van der Waals surface area contributed by atoms with Crippen molar-refractivity contribution in [2.75, 3.05) is 12.4 Å². The van der Waals surface area contributed by atoms with Gasteiger partial charge in [-0.1, -0.05) is 49.4 Å². The number of carbonyl (C=O) groups is 1. The lowest BCUT2D eigenvalue weighted by atomic mass is 9.98. The van der Waals surface area contributed by atoms with Gasteiger partial charge in [-0.25, -0.2) is 4.98 Å². The Kier molecular flexibility index (Phi) is 6.27. The zero-order valence-electron chi connectivity index (χ0n) is 16.1. The van der Waals surface area contributed by atoms with Gasteiger partial charge in [0.05, 0.1) is 19.2 Å². The number of rotatable bonds is 8. The molecule has 3 aromatic rings. The molecule has 0 radical (unpaired) electrons. The Morgan fingerprint density at radius 2 is 1.79 bits per heavy atom. The highest BCUT2D eigenvalue weighted by atomic mass is 16.5. The van der Waals surface area contributed by atoms with E-state index in [1.807, 2.05) is 73.7 Å². The Bertz CT molecular complexity index is 924. The molecule has 0 fully saturated rings. The van der Waals surface area contributed by atoms with E-state index in [-0.39, 0.29) is 12.3 Å². The number of hydrogen-bond acceptors (Lipinski definition) is 4. The van der Waals surface area contributed by atoms with Crippen LogP contribution in [0, 0.1) is 0 Å². The quantitative estimate of drug-likeness (QED) is 0.582. The van der Waals surface area contributed by atoms with Gasteiger partial charge < -0.3 is 15.2 Å².